The first-order valence-corrected chi connectivity index (χ1v) is 8.26. The minimum absolute atomic E-state index is 0.171. The Kier molecular flexibility index (Phi) is 5.16. The van der Waals surface area contributed by atoms with E-state index in [-0.39, 0.29) is 12.0 Å². The van der Waals surface area contributed by atoms with E-state index in [0.29, 0.717) is 31.3 Å². The van der Waals surface area contributed by atoms with E-state index in [1.54, 1.807) is 12.1 Å². The van der Waals surface area contributed by atoms with E-state index in [2.05, 4.69) is 17.1 Å². The average Bonchev–Trinajstić information content (AvgIpc) is 2.60. The van der Waals surface area contributed by atoms with Crippen LogP contribution >= 0.6 is 0 Å². The van der Waals surface area contributed by atoms with E-state index in [4.69, 9.17) is 0 Å². The Bertz CT molecular complexity index is 880. The van der Waals surface area contributed by atoms with Gasteiger partial charge < -0.3 is 5.32 Å². The highest BCUT2D eigenvalue weighted by atomic mass is 19.4. The summed E-state index contributed by atoms with van der Waals surface area (Å²) in [5.74, 6) is -1.81. The summed E-state index contributed by atoms with van der Waals surface area (Å²) < 4.78 is 51.5. The molecular weight excluding hydrogens is 362 g/mol. The molecule has 8 heteroatoms. The molecule has 0 fully saturated rings. The molecule has 2 aromatic carbocycles. The van der Waals surface area contributed by atoms with Gasteiger partial charge in [-0.1, -0.05) is 18.2 Å². The summed E-state index contributed by atoms with van der Waals surface area (Å²) in [7, 11) is 0. The first-order valence-electron chi connectivity index (χ1n) is 8.26. The number of halogens is 4. The average molecular weight is 379 g/mol. The number of hydrazone groups is 1. The van der Waals surface area contributed by atoms with Crippen LogP contribution in [0.1, 0.15) is 22.3 Å². The Labute approximate surface area is 153 Å². The fourth-order valence-electron chi connectivity index (χ4n) is 3.11. The molecule has 1 heterocycles. The molecule has 2 aromatic rings. The van der Waals surface area contributed by atoms with Crippen LogP contribution in [-0.2, 0) is 30.4 Å². The molecule has 1 aliphatic heterocycles. The summed E-state index contributed by atoms with van der Waals surface area (Å²) in [6, 6.07) is 8.02. The van der Waals surface area contributed by atoms with E-state index >= 15 is 0 Å². The highest BCUT2D eigenvalue weighted by Crippen LogP contribution is 2.32. The van der Waals surface area contributed by atoms with Gasteiger partial charge in [0, 0.05) is 18.9 Å². The van der Waals surface area contributed by atoms with Crippen molar-refractivity contribution in [2.75, 3.05) is 11.9 Å². The van der Waals surface area contributed by atoms with Gasteiger partial charge in [-0.05, 0) is 41.3 Å². The van der Waals surface area contributed by atoms with E-state index < -0.39 is 23.5 Å². The zero-order valence-corrected chi connectivity index (χ0v) is 14.3. The van der Waals surface area contributed by atoms with E-state index in [1.807, 2.05) is 11.1 Å². The molecule has 0 atom stereocenters. The summed E-state index contributed by atoms with van der Waals surface area (Å²) in [5.41, 5.74) is 1.49. The molecule has 1 N–H and O–H groups in total. The van der Waals surface area contributed by atoms with Crippen LogP contribution < -0.4 is 5.32 Å². The Morgan fingerprint density at radius 2 is 2.04 bits per heavy atom. The molecule has 0 spiro atoms. The van der Waals surface area contributed by atoms with E-state index in [0.717, 1.165) is 23.3 Å². The molecular formula is C19H17F4N3O. The number of carbonyl (C=O) groups is 1. The van der Waals surface area contributed by atoms with Crippen molar-refractivity contribution in [2.45, 2.75) is 25.6 Å². The van der Waals surface area contributed by atoms with Crippen LogP contribution in [0.15, 0.2) is 41.5 Å². The van der Waals surface area contributed by atoms with Gasteiger partial charge in [0.25, 0.3) is 0 Å². The number of rotatable bonds is 4. The SMILES string of the molecule is C=NN1CCc2c(cccc2NC(=O)Cc2ccc(C(F)(F)F)c(F)c2)C1. The smallest absolute Gasteiger partial charge is 0.326 e. The van der Waals surface area contributed by atoms with Gasteiger partial charge in [-0.25, -0.2) is 4.39 Å². The van der Waals surface area contributed by atoms with Gasteiger partial charge in [0.2, 0.25) is 5.91 Å². The largest absolute Gasteiger partial charge is 0.419 e. The number of anilines is 1. The predicted octanol–water partition coefficient (Wildman–Crippen LogP) is 4.00. The number of alkyl halides is 3. The van der Waals surface area contributed by atoms with E-state index in [1.165, 1.54) is 0 Å². The lowest BCUT2D eigenvalue weighted by atomic mass is 9.98. The number of nitrogens with one attached hydrogen (secondary N) is 1. The van der Waals surface area contributed by atoms with Crippen molar-refractivity contribution >= 4 is 18.3 Å². The fourth-order valence-corrected chi connectivity index (χ4v) is 3.11. The maximum Gasteiger partial charge on any atom is 0.419 e. The van der Waals surface area contributed by atoms with Gasteiger partial charge in [0.1, 0.15) is 5.82 Å². The molecule has 3 rings (SSSR count). The lowest BCUT2D eigenvalue weighted by molar-refractivity contribution is -0.140. The van der Waals surface area contributed by atoms with Crippen molar-refractivity contribution in [2.24, 2.45) is 5.10 Å². The van der Waals surface area contributed by atoms with Crippen LogP contribution in [0.5, 0.6) is 0 Å². The molecule has 0 aliphatic carbocycles. The molecule has 0 aromatic heterocycles. The Morgan fingerprint density at radius 1 is 1.26 bits per heavy atom. The highest BCUT2D eigenvalue weighted by Gasteiger charge is 2.34. The maximum atomic E-state index is 13.6. The van der Waals surface area contributed by atoms with Gasteiger partial charge in [-0.15, -0.1) is 0 Å². The number of hydrogen-bond donors (Lipinski definition) is 1. The minimum Gasteiger partial charge on any atom is -0.326 e. The van der Waals surface area contributed by atoms with E-state index in [9.17, 15) is 22.4 Å². The van der Waals surface area contributed by atoms with Gasteiger partial charge in [-0.3, -0.25) is 9.80 Å². The molecule has 0 radical (unpaired) electrons. The quantitative estimate of drug-likeness (QED) is 0.645. The molecule has 4 nitrogen and oxygen atoms in total. The summed E-state index contributed by atoms with van der Waals surface area (Å²) in [5, 5.41) is 8.49. The van der Waals surface area contributed by atoms with Gasteiger partial charge >= 0.3 is 6.18 Å². The molecule has 142 valence electrons. The topological polar surface area (TPSA) is 44.7 Å². The first-order chi connectivity index (χ1) is 12.8. The number of benzene rings is 2. The van der Waals surface area contributed by atoms with Crippen LogP contribution in [0.4, 0.5) is 23.2 Å². The van der Waals surface area contributed by atoms with Crippen LogP contribution in [0, 0.1) is 5.82 Å². The minimum atomic E-state index is -4.76. The van der Waals surface area contributed by atoms with Crippen molar-refractivity contribution in [3.05, 3.63) is 64.5 Å². The Balaban J connectivity index is 1.72. The highest BCUT2D eigenvalue weighted by molar-refractivity contribution is 5.93. The van der Waals surface area contributed by atoms with Crippen molar-refractivity contribution in [3.63, 3.8) is 0 Å². The summed E-state index contributed by atoms with van der Waals surface area (Å²) >= 11 is 0. The van der Waals surface area contributed by atoms with Gasteiger partial charge in [0.05, 0.1) is 18.5 Å². The number of fused-ring (bicyclic) bond motifs is 1. The second-order valence-corrected chi connectivity index (χ2v) is 6.26. The number of nitrogens with zero attached hydrogens (tertiary/aromatic N) is 2. The van der Waals surface area contributed by atoms with Crippen molar-refractivity contribution in [3.8, 4) is 0 Å². The zero-order valence-electron chi connectivity index (χ0n) is 14.3. The van der Waals surface area contributed by atoms with Crippen LogP contribution in [0.2, 0.25) is 0 Å². The summed E-state index contributed by atoms with van der Waals surface area (Å²) in [4.78, 5) is 12.3. The second-order valence-electron chi connectivity index (χ2n) is 6.26. The van der Waals surface area contributed by atoms with Crippen LogP contribution in [-0.4, -0.2) is 24.2 Å². The number of amides is 1. The lowest BCUT2D eigenvalue weighted by Gasteiger charge is -2.27. The standard InChI is InChI=1S/C19H17F4N3O/c1-24-26-8-7-14-13(11-26)3-2-4-17(14)25-18(27)10-12-5-6-15(16(20)9-12)19(21,22)23/h2-6,9H,1,7-8,10-11H2,(H,25,27). The monoisotopic (exact) mass is 379 g/mol. The molecule has 0 unspecified atom stereocenters. The maximum absolute atomic E-state index is 13.6. The fraction of sp³-hybridized carbons (Fsp3) is 0.263. The third-order valence-corrected chi connectivity index (χ3v) is 4.42. The molecule has 1 aliphatic rings. The van der Waals surface area contributed by atoms with Gasteiger partial charge in [0.15, 0.2) is 0 Å². The van der Waals surface area contributed by atoms with Crippen LogP contribution in [0.3, 0.4) is 0 Å². The normalized spacial score (nSPS) is 13.9. The lowest BCUT2D eigenvalue weighted by Crippen LogP contribution is -2.27. The molecule has 0 saturated carbocycles. The van der Waals surface area contributed by atoms with Crippen LogP contribution in [0.25, 0.3) is 0 Å². The Hall–Kier alpha value is -2.90. The third-order valence-electron chi connectivity index (χ3n) is 4.42. The molecule has 0 saturated heterocycles. The van der Waals surface area contributed by atoms with Gasteiger partial charge in [-0.2, -0.15) is 18.3 Å². The predicted molar refractivity (Wildman–Crippen MR) is 93.8 cm³/mol. The number of hydrogen-bond acceptors (Lipinski definition) is 3. The molecule has 1 amide bonds. The molecule has 0 bridgehead atoms. The third kappa shape index (κ3) is 4.27. The summed E-state index contributed by atoms with van der Waals surface area (Å²) in [6.45, 7) is 4.77. The Morgan fingerprint density at radius 3 is 2.70 bits per heavy atom. The van der Waals surface area contributed by atoms with Crippen molar-refractivity contribution < 1.29 is 22.4 Å². The van der Waals surface area contributed by atoms with Crippen molar-refractivity contribution in [1.82, 2.24) is 5.01 Å². The first kappa shape index (κ1) is 18.9. The zero-order chi connectivity index (χ0) is 19.6. The second kappa shape index (κ2) is 7.38. The van der Waals surface area contributed by atoms with Crippen molar-refractivity contribution in [1.29, 1.82) is 0 Å². The number of carbonyl (C=O) groups excluding carboxylic acids is 1. The summed E-state index contributed by atoms with van der Waals surface area (Å²) in [6.07, 6.45) is -4.30. The molecule has 27 heavy (non-hydrogen) atoms.